The topological polar surface area (TPSA) is 47.7 Å². The molecule has 4 heteroatoms. The lowest BCUT2D eigenvalue weighted by Gasteiger charge is -2.29. The number of nitrogens with zero attached hydrogens (tertiary/aromatic N) is 1. The van der Waals surface area contributed by atoms with Crippen molar-refractivity contribution in [3.63, 3.8) is 0 Å². The van der Waals surface area contributed by atoms with Crippen molar-refractivity contribution in [2.45, 2.75) is 25.9 Å². The third-order valence-corrected chi connectivity index (χ3v) is 3.27. The van der Waals surface area contributed by atoms with Crippen LogP contribution in [0.15, 0.2) is 24.3 Å². The van der Waals surface area contributed by atoms with Crippen molar-refractivity contribution in [2.75, 3.05) is 33.9 Å². The molecule has 1 rings (SSSR count). The minimum atomic E-state index is -0.0191. The summed E-state index contributed by atoms with van der Waals surface area (Å²) in [6.45, 7) is 6.78. The molecule has 0 bridgehead atoms. The average Bonchev–Trinajstić information content (AvgIpc) is 2.42. The molecule has 108 valence electrons. The predicted octanol–water partition coefficient (Wildman–Crippen LogP) is 2.05. The Labute approximate surface area is 116 Å². The first-order valence-electron chi connectivity index (χ1n) is 6.71. The lowest BCUT2D eigenvalue weighted by molar-refractivity contribution is 0.125. The molecule has 1 unspecified atom stereocenters. The number of hydrogen-bond donors (Lipinski definition) is 1. The van der Waals surface area contributed by atoms with Crippen LogP contribution in [0, 0.1) is 0 Å². The number of methoxy groups -OCH3 is 2. The zero-order valence-electron chi connectivity index (χ0n) is 12.4. The predicted molar refractivity (Wildman–Crippen MR) is 78.5 cm³/mol. The Kier molecular flexibility index (Phi) is 6.84. The second-order valence-corrected chi connectivity index (χ2v) is 4.96. The molecule has 4 nitrogen and oxygen atoms in total. The summed E-state index contributed by atoms with van der Waals surface area (Å²) in [5.74, 6) is 0.848. The van der Waals surface area contributed by atoms with E-state index in [0.29, 0.717) is 6.04 Å². The van der Waals surface area contributed by atoms with Gasteiger partial charge in [0.05, 0.1) is 13.7 Å². The molecule has 0 aromatic heterocycles. The lowest BCUT2D eigenvalue weighted by Crippen LogP contribution is -2.39. The van der Waals surface area contributed by atoms with Gasteiger partial charge in [-0.05, 0) is 31.5 Å². The Balaban J connectivity index is 2.66. The summed E-state index contributed by atoms with van der Waals surface area (Å²) in [5, 5.41) is 0. The van der Waals surface area contributed by atoms with Gasteiger partial charge >= 0.3 is 0 Å². The van der Waals surface area contributed by atoms with Gasteiger partial charge in [-0.15, -0.1) is 0 Å². The van der Waals surface area contributed by atoms with E-state index in [1.807, 2.05) is 24.3 Å². The molecule has 1 aromatic carbocycles. The van der Waals surface area contributed by atoms with E-state index >= 15 is 0 Å². The smallest absolute Gasteiger partial charge is 0.119 e. The van der Waals surface area contributed by atoms with Crippen molar-refractivity contribution in [1.82, 2.24) is 4.90 Å². The molecular weight excluding hydrogens is 240 g/mol. The summed E-state index contributed by atoms with van der Waals surface area (Å²) in [5.41, 5.74) is 7.39. The number of benzene rings is 1. The fourth-order valence-electron chi connectivity index (χ4n) is 2.00. The lowest BCUT2D eigenvalue weighted by atomic mass is 10.1. The van der Waals surface area contributed by atoms with Gasteiger partial charge in [0.15, 0.2) is 0 Å². The average molecular weight is 266 g/mol. The van der Waals surface area contributed by atoms with Crippen molar-refractivity contribution < 1.29 is 9.47 Å². The third-order valence-electron chi connectivity index (χ3n) is 3.27. The van der Waals surface area contributed by atoms with Crippen LogP contribution in [0.2, 0.25) is 0 Å². The molecular formula is C15H26N2O2. The van der Waals surface area contributed by atoms with E-state index in [0.717, 1.165) is 31.0 Å². The first-order valence-corrected chi connectivity index (χ1v) is 6.71. The maximum atomic E-state index is 6.29. The van der Waals surface area contributed by atoms with Crippen LogP contribution in [0.4, 0.5) is 0 Å². The summed E-state index contributed by atoms with van der Waals surface area (Å²) in [6, 6.07) is 8.38. The fraction of sp³-hybridized carbons (Fsp3) is 0.600. The zero-order chi connectivity index (χ0) is 14.3. The number of nitrogens with two attached hydrogens (primary N) is 1. The largest absolute Gasteiger partial charge is 0.497 e. The van der Waals surface area contributed by atoms with Gasteiger partial charge in [-0.1, -0.05) is 12.1 Å². The van der Waals surface area contributed by atoms with Gasteiger partial charge in [0.2, 0.25) is 0 Å². The molecule has 19 heavy (non-hydrogen) atoms. The molecule has 2 N–H and O–H groups in total. The van der Waals surface area contributed by atoms with Crippen molar-refractivity contribution in [3.05, 3.63) is 29.8 Å². The van der Waals surface area contributed by atoms with Crippen LogP contribution in [0.1, 0.15) is 25.5 Å². The second-order valence-electron chi connectivity index (χ2n) is 4.96. The molecule has 0 aliphatic heterocycles. The number of hydrogen-bond acceptors (Lipinski definition) is 4. The summed E-state index contributed by atoms with van der Waals surface area (Å²) in [4.78, 5) is 2.33. The van der Waals surface area contributed by atoms with E-state index in [9.17, 15) is 0 Å². The Morgan fingerprint density at radius 1 is 1.26 bits per heavy atom. The highest BCUT2D eigenvalue weighted by Crippen LogP contribution is 2.19. The monoisotopic (exact) mass is 266 g/mol. The van der Waals surface area contributed by atoms with Crippen LogP contribution in [-0.4, -0.2) is 44.9 Å². The van der Waals surface area contributed by atoms with Gasteiger partial charge in [-0.25, -0.2) is 0 Å². The molecule has 1 atom stereocenters. The van der Waals surface area contributed by atoms with E-state index in [1.54, 1.807) is 14.2 Å². The van der Waals surface area contributed by atoms with Crippen molar-refractivity contribution >= 4 is 0 Å². The summed E-state index contributed by atoms with van der Waals surface area (Å²) < 4.78 is 10.4. The molecule has 0 radical (unpaired) electrons. The minimum absolute atomic E-state index is 0.0191. The molecule has 0 aliphatic rings. The van der Waals surface area contributed by atoms with E-state index in [-0.39, 0.29) is 6.04 Å². The minimum Gasteiger partial charge on any atom is -0.497 e. The van der Waals surface area contributed by atoms with Crippen molar-refractivity contribution in [2.24, 2.45) is 5.73 Å². The maximum Gasteiger partial charge on any atom is 0.119 e. The Hall–Kier alpha value is -1.10. The maximum absolute atomic E-state index is 6.29. The van der Waals surface area contributed by atoms with E-state index in [1.165, 1.54) is 0 Å². The van der Waals surface area contributed by atoms with Crippen LogP contribution in [0.5, 0.6) is 5.75 Å². The van der Waals surface area contributed by atoms with Crippen molar-refractivity contribution in [3.8, 4) is 5.75 Å². The molecule has 0 saturated heterocycles. The van der Waals surface area contributed by atoms with Gasteiger partial charge < -0.3 is 15.2 Å². The summed E-state index contributed by atoms with van der Waals surface area (Å²) in [6.07, 6.45) is 0. The zero-order valence-corrected chi connectivity index (χ0v) is 12.4. The fourth-order valence-corrected chi connectivity index (χ4v) is 2.00. The first-order chi connectivity index (χ1) is 9.08. The van der Waals surface area contributed by atoms with Crippen molar-refractivity contribution in [1.29, 1.82) is 0 Å². The molecule has 0 saturated carbocycles. The highest BCUT2D eigenvalue weighted by Gasteiger charge is 2.15. The SMILES string of the molecule is COCCN(CC(N)c1cccc(OC)c1)C(C)C. The van der Waals surface area contributed by atoms with Crippen LogP contribution < -0.4 is 10.5 Å². The Bertz CT molecular complexity index is 369. The van der Waals surface area contributed by atoms with Gasteiger partial charge in [0.1, 0.15) is 5.75 Å². The van der Waals surface area contributed by atoms with Gasteiger partial charge in [0, 0.05) is 32.3 Å². The van der Waals surface area contributed by atoms with Gasteiger partial charge in [0.25, 0.3) is 0 Å². The van der Waals surface area contributed by atoms with E-state index in [2.05, 4.69) is 18.7 Å². The number of ether oxygens (including phenoxy) is 2. The van der Waals surface area contributed by atoms with Crippen LogP contribution in [0.3, 0.4) is 0 Å². The van der Waals surface area contributed by atoms with Gasteiger partial charge in [-0.3, -0.25) is 4.90 Å². The van der Waals surface area contributed by atoms with Crippen LogP contribution in [0.25, 0.3) is 0 Å². The highest BCUT2D eigenvalue weighted by molar-refractivity contribution is 5.30. The number of rotatable bonds is 8. The summed E-state index contributed by atoms with van der Waals surface area (Å²) in [7, 11) is 3.39. The van der Waals surface area contributed by atoms with E-state index < -0.39 is 0 Å². The third kappa shape index (κ3) is 5.19. The molecule has 0 spiro atoms. The first kappa shape index (κ1) is 16.0. The van der Waals surface area contributed by atoms with E-state index in [4.69, 9.17) is 15.2 Å². The molecule has 0 heterocycles. The van der Waals surface area contributed by atoms with Crippen LogP contribution in [-0.2, 0) is 4.74 Å². The Morgan fingerprint density at radius 2 is 2.00 bits per heavy atom. The molecule has 1 aromatic rings. The quantitative estimate of drug-likeness (QED) is 0.782. The van der Waals surface area contributed by atoms with Crippen LogP contribution >= 0.6 is 0 Å². The molecule has 0 fully saturated rings. The highest BCUT2D eigenvalue weighted by atomic mass is 16.5. The molecule has 0 aliphatic carbocycles. The summed E-state index contributed by atoms with van der Waals surface area (Å²) >= 11 is 0. The second kappa shape index (κ2) is 8.15. The Morgan fingerprint density at radius 3 is 2.58 bits per heavy atom. The molecule has 0 amide bonds. The standard InChI is InChI=1S/C15H26N2O2/c1-12(2)17(8-9-18-3)11-15(16)13-6-5-7-14(10-13)19-4/h5-7,10,12,15H,8-9,11,16H2,1-4H3. The normalized spacial score (nSPS) is 13.0. The van der Waals surface area contributed by atoms with Gasteiger partial charge in [-0.2, -0.15) is 0 Å².